The Hall–Kier alpha value is -2.51. The molecule has 136 valence electrons. The van der Waals surface area contributed by atoms with Crippen molar-refractivity contribution in [3.05, 3.63) is 72.8 Å². The van der Waals surface area contributed by atoms with Crippen molar-refractivity contribution in [1.29, 1.82) is 0 Å². The first-order valence-corrected chi connectivity index (χ1v) is 9.10. The summed E-state index contributed by atoms with van der Waals surface area (Å²) >= 11 is 0. The van der Waals surface area contributed by atoms with Gasteiger partial charge in [-0.15, -0.1) is 9.24 Å². The Morgan fingerprint density at radius 2 is 1.69 bits per heavy atom. The third-order valence-corrected chi connectivity index (χ3v) is 4.19. The lowest BCUT2D eigenvalue weighted by molar-refractivity contribution is 0.376. The molecule has 4 heteroatoms. The van der Waals surface area contributed by atoms with Gasteiger partial charge in [0.15, 0.2) is 0 Å². The Morgan fingerprint density at radius 3 is 2.27 bits per heavy atom. The van der Waals surface area contributed by atoms with Crippen molar-refractivity contribution in [2.24, 2.45) is 0 Å². The number of ether oxygens (including phenoxy) is 3. The summed E-state index contributed by atoms with van der Waals surface area (Å²) in [6.45, 7) is 4.20. The smallest absolute Gasteiger partial charge is 0.141 e. The number of allylic oxidation sites excluding steroid dienone is 5. The first-order valence-electron chi connectivity index (χ1n) is 8.28. The molecule has 0 heterocycles. The van der Waals surface area contributed by atoms with Crippen LogP contribution < -0.4 is 14.2 Å². The zero-order valence-corrected chi connectivity index (χ0v) is 16.6. The highest BCUT2D eigenvalue weighted by molar-refractivity contribution is 7.16. The van der Waals surface area contributed by atoms with Gasteiger partial charge in [-0.05, 0) is 17.3 Å². The zero-order valence-electron chi connectivity index (χ0n) is 15.5. The maximum atomic E-state index is 5.79. The molecule has 0 aliphatic carbocycles. The molecule has 1 unspecified atom stereocenters. The molecule has 2 rings (SSSR count). The van der Waals surface area contributed by atoms with Gasteiger partial charge in [-0.3, -0.25) is 0 Å². The van der Waals surface area contributed by atoms with Gasteiger partial charge in [0.1, 0.15) is 17.2 Å². The summed E-state index contributed by atoms with van der Waals surface area (Å²) in [6, 6.07) is 11.9. The van der Waals surface area contributed by atoms with Gasteiger partial charge >= 0.3 is 0 Å². The molecule has 2 aromatic carbocycles. The molecule has 0 saturated carbocycles. The van der Waals surface area contributed by atoms with Crippen molar-refractivity contribution in [2.75, 3.05) is 27.5 Å². The van der Waals surface area contributed by atoms with Crippen LogP contribution in [0.4, 0.5) is 0 Å². The lowest BCUT2D eigenvalue weighted by atomic mass is 9.95. The summed E-state index contributed by atoms with van der Waals surface area (Å²) in [5.74, 6) is 2.02. The largest absolute Gasteiger partial charge is 0.496 e. The van der Waals surface area contributed by atoms with Crippen LogP contribution in [0, 0.1) is 0 Å². The molecule has 0 radical (unpaired) electrons. The van der Waals surface area contributed by atoms with E-state index < -0.39 is 0 Å². The molecule has 2 aromatic rings. The molecule has 0 aromatic heterocycles. The average molecular weight is 368 g/mol. The molecule has 3 nitrogen and oxygen atoms in total. The summed E-state index contributed by atoms with van der Waals surface area (Å²) < 4.78 is 17.0. The molecule has 0 aliphatic rings. The van der Waals surface area contributed by atoms with Gasteiger partial charge in [-0.25, -0.2) is 0 Å². The fraction of sp³-hybridized carbons (Fsp3) is 0.182. The third kappa shape index (κ3) is 4.36. The predicted octanol–water partition coefficient (Wildman–Crippen LogP) is 5.38. The normalized spacial score (nSPS) is 11.1. The number of methoxy groups -OCH3 is 3. The second-order valence-electron chi connectivity index (χ2n) is 5.48. The molecule has 0 saturated heterocycles. The highest BCUT2D eigenvalue weighted by Crippen LogP contribution is 2.47. The first-order chi connectivity index (χ1) is 12.7. The lowest BCUT2D eigenvalue weighted by Crippen LogP contribution is -2.00. The van der Waals surface area contributed by atoms with E-state index in [0.717, 1.165) is 28.4 Å². The Kier molecular flexibility index (Phi) is 7.50. The van der Waals surface area contributed by atoms with Gasteiger partial charge in [-0.1, -0.05) is 61.2 Å². The molecule has 0 amide bonds. The lowest BCUT2D eigenvalue weighted by Gasteiger charge is -2.20. The van der Waals surface area contributed by atoms with Crippen molar-refractivity contribution in [3.8, 4) is 28.4 Å². The molecular formula is C22H25O3P. The van der Waals surface area contributed by atoms with E-state index in [2.05, 4.69) is 15.8 Å². The maximum Gasteiger partial charge on any atom is 0.141 e. The first kappa shape index (κ1) is 19.8. The monoisotopic (exact) mass is 368 g/mol. The van der Waals surface area contributed by atoms with Gasteiger partial charge in [-0.2, -0.15) is 0 Å². The topological polar surface area (TPSA) is 27.7 Å². The number of benzene rings is 2. The van der Waals surface area contributed by atoms with Crippen LogP contribution in [-0.4, -0.2) is 27.5 Å². The van der Waals surface area contributed by atoms with Crippen LogP contribution in [0.15, 0.2) is 67.3 Å². The van der Waals surface area contributed by atoms with Crippen LogP contribution in [0.3, 0.4) is 0 Å². The van der Waals surface area contributed by atoms with E-state index >= 15 is 0 Å². The summed E-state index contributed by atoms with van der Waals surface area (Å²) in [6.07, 6.45) is 8.84. The van der Waals surface area contributed by atoms with Crippen LogP contribution in [0.5, 0.6) is 17.2 Å². The van der Waals surface area contributed by atoms with E-state index in [1.807, 2.05) is 60.7 Å². The van der Waals surface area contributed by atoms with Crippen molar-refractivity contribution >= 4 is 14.8 Å². The summed E-state index contributed by atoms with van der Waals surface area (Å²) in [5, 5.41) is 0. The van der Waals surface area contributed by atoms with Crippen LogP contribution >= 0.6 is 9.24 Å². The maximum absolute atomic E-state index is 5.79. The molecule has 26 heavy (non-hydrogen) atoms. The highest BCUT2D eigenvalue weighted by atomic mass is 31.0. The molecule has 0 N–H and O–H groups in total. The van der Waals surface area contributed by atoms with Crippen LogP contribution in [0.1, 0.15) is 5.56 Å². The Balaban J connectivity index is 2.68. The number of hydrogen-bond donors (Lipinski definition) is 0. The van der Waals surface area contributed by atoms with Crippen molar-refractivity contribution in [3.63, 3.8) is 0 Å². The Morgan fingerprint density at radius 1 is 1.00 bits per heavy atom. The minimum atomic E-state index is 0.656. The molecule has 1 atom stereocenters. The standard InChI is InChI=1S/C22H25O3P/c1-16(11-7-6-10-14-26)20-18(23-2)15-19(24-3)21(22(20)25-4)17-12-8-5-9-13-17/h5-13,15H,1,14,26H2,2-4H3/b10-6-,11-7-. The zero-order chi connectivity index (χ0) is 18.9. The minimum Gasteiger partial charge on any atom is -0.496 e. The van der Waals surface area contributed by atoms with E-state index in [9.17, 15) is 0 Å². The van der Waals surface area contributed by atoms with Crippen molar-refractivity contribution < 1.29 is 14.2 Å². The molecule has 0 spiro atoms. The van der Waals surface area contributed by atoms with Gasteiger partial charge < -0.3 is 14.2 Å². The fourth-order valence-corrected chi connectivity index (χ4v) is 2.89. The average Bonchev–Trinajstić information content (AvgIpc) is 2.69. The second kappa shape index (κ2) is 9.84. The van der Waals surface area contributed by atoms with Crippen molar-refractivity contribution in [2.45, 2.75) is 0 Å². The van der Waals surface area contributed by atoms with Crippen LogP contribution in [0.2, 0.25) is 0 Å². The molecular weight excluding hydrogens is 343 g/mol. The summed E-state index contributed by atoms with van der Waals surface area (Å²) in [7, 11) is 7.58. The molecule has 0 aliphatic heterocycles. The van der Waals surface area contributed by atoms with Gasteiger partial charge in [0.2, 0.25) is 0 Å². The number of rotatable bonds is 8. The third-order valence-electron chi connectivity index (χ3n) is 3.92. The van der Waals surface area contributed by atoms with Gasteiger partial charge in [0.05, 0.1) is 32.5 Å². The SMILES string of the molecule is C=C(/C=C\C=C/CP)c1c(OC)cc(OC)c(-c2ccccc2)c1OC. The summed E-state index contributed by atoms with van der Waals surface area (Å²) in [4.78, 5) is 0. The Labute approximate surface area is 158 Å². The minimum absolute atomic E-state index is 0.656. The molecule has 0 bridgehead atoms. The van der Waals surface area contributed by atoms with Gasteiger partial charge in [0, 0.05) is 6.07 Å². The quantitative estimate of drug-likeness (QED) is 0.462. The second-order valence-corrected chi connectivity index (χ2v) is 5.95. The van der Waals surface area contributed by atoms with E-state index in [1.54, 1.807) is 21.3 Å². The van der Waals surface area contributed by atoms with Crippen LogP contribution in [-0.2, 0) is 0 Å². The van der Waals surface area contributed by atoms with Crippen LogP contribution in [0.25, 0.3) is 16.7 Å². The fourth-order valence-electron chi connectivity index (χ4n) is 2.73. The van der Waals surface area contributed by atoms with E-state index in [-0.39, 0.29) is 0 Å². The van der Waals surface area contributed by atoms with E-state index in [0.29, 0.717) is 17.2 Å². The van der Waals surface area contributed by atoms with E-state index in [4.69, 9.17) is 14.2 Å². The predicted molar refractivity (Wildman–Crippen MR) is 113 cm³/mol. The number of hydrogen-bond acceptors (Lipinski definition) is 3. The Bertz CT molecular complexity index is 808. The highest BCUT2D eigenvalue weighted by Gasteiger charge is 2.22. The molecule has 0 fully saturated rings. The van der Waals surface area contributed by atoms with Gasteiger partial charge in [0.25, 0.3) is 0 Å². The van der Waals surface area contributed by atoms with Crippen molar-refractivity contribution in [1.82, 2.24) is 0 Å². The van der Waals surface area contributed by atoms with E-state index in [1.165, 1.54) is 0 Å². The summed E-state index contributed by atoms with van der Waals surface area (Å²) in [5.41, 5.74) is 3.49.